The van der Waals surface area contributed by atoms with Crippen molar-refractivity contribution in [2.45, 2.75) is 117 Å². The van der Waals surface area contributed by atoms with Crippen molar-refractivity contribution in [3.05, 3.63) is 82.9 Å². The largest absolute Gasteiger partial charge is 0.462 e. The fraction of sp³-hybridized carbons (Fsp3) is 0.605. The molecule has 230 valence electrons. The molecule has 4 nitrogen and oxygen atoms in total. The highest BCUT2D eigenvalue weighted by atomic mass is 16.7. The molecule has 1 heterocycles. The van der Waals surface area contributed by atoms with Gasteiger partial charge in [-0.15, -0.1) is 0 Å². The summed E-state index contributed by atoms with van der Waals surface area (Å²) in [5, 5.41) is 0. The molecule has 4 fully saturated rings. The summed E-state index contributed by atoms with van der Waals surface area (Å²) >= 11 is 0. The number of rotatable bonds is 7. The fourth-order valence-corrected chi connectivity index (χ4v) is 9.67. The maximum Gasteiger partial charge on any atom is 0.462 e. The lowest BCUT2D eigenvalue weighted by Crippen LogP contribution is -2.50. The molecule has 0 amide bonds. The topological polar surface area (TPSA) is 44.8 Å². The Hall–Kier alpha value is -2.37. The fourth-order valence-electron chi connectivity index (χ4n) is 9.67. The second-order valence-corrected chi connectivity index (χ2v) is 15.6. The first-order chi connectivity index (χ1) is 20.3. The van der Waals surface area contributed by atoms with Crippen molar-refractivity contribution < 1.29 is 18.8 Å². The molecule has 0 radical (unpaired) electrons. The zero-order valence-corrected chi connectivity index (χ0v) is 27.6. The number of fused-ring (bicyclic) bond motifs is 5. The van der Waals surface area contributed by atoms with Crippen LogP contribution in [0.15, 0.2) is 71.8 Å². The van der Waals surface area contributed by atoms with Crippen LogP contribution in [0.4, 0.5) is 0 Å². The van der Waals surface area contributed by atoms with Crippen molar-refractivity contribution in [3.63, 3.8) is 0 Å². The van der Waals surface area contributed by atoms with E-state index in [4.69, 9.17) is 14.0 Å². The molecule has 2 bridgehead atoms. The number of esters is 1. The van der Waals surface area contributed by atoms with E-state index in [9.17, 15) is 4.79 Å². The van der Waals surface area contributed by atoms with E-state index in [0.29, 0.717) is 23.7 Å². The van der Waals surface area contributed by atoms with E-state index in [1.54, 1.807) is 0 Å². The molecule has 2 aromatic rings. The molecule has 0 aromatic heterocycles. The van der Waals surface area contributed by atoms with E-state index in [2.05, 4.69) is 102 Å². The third-order valence-electron chi connectivity index (χ3n) is 12.7. The molecule has 1 aliphatic heterocycles. The zero-order chi connectivity index (χ0) is 30.8. The first-order valence-electron chi connectivity index (χ1n) is 16.6. The molecule has 0 unspecified atom stereocenters. The van der Waals surface area contributed by atoms with Crippen LogP contribution >= 0.6 is 0 Å². The molecule has 6 rings (SSSR count). The van der Waals surface area contributed by atoms with Gasteiger partial charge in [0, 0.05) is 23.2 Å². The van der Waals surface area contributed by atoms with Gasteiger partial charge in [-0.25, -0.2) is 4.79 Å². The summed E-state index contributed by atoms with van der Waals surface area (Å²) in [6, 6.07) is 21.4. The van der Waals surface area contributed by atoms with Gasteiger partial charge in [0.05, 0.1) is 6.10 Å². The van der Waals surface area contributed by atoms with Crippen molar-refractivity contribution in [1.82, 2.24) is 0 Å². The highest BCUT2D eigenvalue weighted by Gasteiger charge is 2.78. The van der Waals surface area contributed by atoms with Gasteiger partial charge in [-0.05, 0) is 73.3 Å². The van der Waals surface area contributed by atoms with E-state index in [-0.39, 0.29) is 40.3 Å². The number of allylic oxidation sites excluding steroid dienone is 1. The molecule has 5 heteroatoms. The summed E-state index contributed by atoms with van der Waals surface area (Å²) < 4.78 is 20.5. The van der Waals surface area contributed by atoms with Crippen LogP contribution in [0, 0.1) is 28.6 Å². The van der Waals surface area contributed by atoms with Gasteiger partial charge < -0.3 is 14.0 Å². The summed E-state index contributed by atoms with van der Waals surface area (Å²) in [5.41, 5.74) is 3.57. The Morgan fingerprint density at radius 3 is 2.28 bits per heavy atom. The van der Waals surface area contributed by atoms with Crippen molar-refractivity contribution in [1.29, 1.82) is 0 Å². The number of hydrogen-bond acceptors (Lipinski definition) is 4. The molecule has 0 N–H and O–H groups in total. The maximum absolute atomic E-state index is 14.1. The van der Waals surface area contributed by atoms with Crippen LogP contribution in [0.1, 0.15) is 98.6 Å². The Labute approximate surface area is 260 Å². The SMILES string of the molecule is CC(C)=C(CB1O[C@@H]2[C@H]3CC[C@](C)(C3(C)C)[C@@]2(c2ccccc2)O1)C(=O)O[C@@H]1C[C@H](C)CC[C@H]1C(C)(C)c1ccccc1. The second-order valence-electron chi connectivity index (χ2n) is 15.6. The maximum atomic E-state index is 14.1. The normalized spacial score (nSPS) is 34.6. The van der Waals surface area contributed by atoms with Crippen LogP contribution in [0.5, 0.6) is 0 Å². The summed E-state index contributed by atoms with van der Waals surface area (Å²) in [7, 11) is -0.486. The Morgan fingerprint density at radius 2 is 1.63 bits per heavy atom. The van der Waals surface area contributed by atoms with E-state index in [0.717, 1.165) is 37.7 Å². The van der Waals surface area contributed by atoms with Gasteiger partial charge in [0.25, 0.3) is 0 Å². The van der Waals surface area contributed by atoms with Gasteiger partial charge in [0.2, 0.25) is 0 Å². The first kappa shape index (κ1) is 30.7. The number of carbonyl (C=O) groups excluding carboxylic acids is 1. The molecule has 43 heavy (non-hydrogen) atoms. The average molecular weight is 583 g/mol. The lowest BCUT2D eigenvalue weighted by Gasteiger charge is -2.48. The molecular weight excluding hydrogens is 531 g/mol. The van der Waals surface area contributed by atoms with Crippen LogP contribution in [-0.2, 0) is 29.9 Å². The number of hydrogen-bond donors (Lipinski definition) is 0. The molecule has 3 saturated carbocycles. The quantitative estimate of drug-likeness (QED) is 0.186. The Bertz CT molecular complexity index is 1360. The lowest BCUT2D eigenvalue weighted by molar-refractivity contribution is -0.151. The smallest absolute Gasteiger partial charge is 0.459 e. The molecule has 3 aliphatic carbocycles. The molecule has 4 aliphatic rings. The first-order valence-corrected chi connectivity index (χ1v) is 16.6. The number of carbonyl (C=O) groups is 1. The Kier molecular flexibility index (Phi) is 7.78. The molecule has 2 aromatic carbocycles. The third-order valence-corrected chi connectivity index (χ3v) is 12.7. The molecule has 0 spiro atoms. The van der Waals surface area contributed by atoms with Crippen molar-refractivity contribution in [2.75, 3.05) is 0 Å². The predicted octanol–water partition coefficient (Wildman–Crippen LogP) is 8.90. The predicted molar refractivity (Wildman–Crippen MR) is 173 cm³/mol. The summed E-state index contributed by atoms with van der Waals surface area (Å²) in [6.45, 7) is 18.1. The monoisotopic (exact) mass is 582 g/mol. The Morgan fingerprint density at radius 1 is 0.977 bits per heavy atom. The van der Waals surface area contributed by atoms with Crippen LogP contribution in [-0.4, -0.2) is 25.3 Å². The van der Waals surface area contributed by atoms with Crippen LogP contribution in [0.3, 0.4) is 0 Å². The van der Waals surface area contributed by atoms with Gasteiger partial charge in [-0.3, -0.25) is 0 Å². The number of ether oxygens (including phenoxy) is 1. The van der Waals surface area contributed by atoms with Crippen molar-refractivity contribution in [2.24, 2.45) is 28.6 Å². The molecular formula is C38H51BO4. The van der Waals surface area contributed by atoms with Crippen molar-refractivity contribution >= 4 is 13.1 Å². The summed E-state index contributed by atoms with van der Waals surface area (Å²) in [4.78, 5) is 14.1. The minimum Gasteiger partial charge on any atom is -0.459 e. The van der Waals surface area contributed by atoms with Gasteiger partial charge in [-0.2, -0.15) is 0 Å². The zero-order valence-electron chi connectivity index (χ0n) is 27.6. The lowest BCUT2D eigenvalue weighted by atomic mass is 9.61. The van der Waals surface area contributed by atoms with Crippen LogP contribution < -0.4 is 0 Å². The molecule has 7 atom stereocenters. The van der Waals surface area contributed by atoms with Crippen LogP contribution in [0.25, 0.3) is 0 Å². The third kappa shape index (κ3) is 4.67. The van der Waals surface area contributed by atoms with Crippen molar-refractivity contribution in [3.8, 4) is 0 Å². The summed E-state index contributed by atoms with van der Waals surface area (Å²) in [5.74, 6) is 0.989. The van der Waals surface area contributed by atoms with E-state index < -0.39 is 12.7 Å². The minimum atomic E-state index is -0.522. The van der Waals surface area contributed by atoms with E-state index in [1.165, 1.54) is 11.1 Å². The highest BCUT2D eigenvalue weighted by Crippen LogP contribution is 2.76. The minimum absolute atomic E-state index is 0.0293. The molecule has 1 saturated heterocycles. The highest BCUT2D eigenvalue weighted by molar-refractivity contribution is 6.47. The standard InChI is InChI=1S/C38H51BO4/c1-25(2)29(34(40)41-32-23-26(3)19-20-30(32)35(4,5)27-15-11-9-12-16-27)24-39-42-33-31-21-22-37(8,36(31,6)7)38(33,43-39)28-17-13-10-14-18-28/h9-18,26,30-33H,19-24H2,1-8H3/t26-,30-,31-,32-,33-,37-,38+/m1/s1. The van der Waals surface area contributed by atoms with E-state index in [1.807, 2.05) is 13.8 Å². The summed E-state index contributed by atoms with van der Waals surface area (Å²) in [6.07, 6.45) is 5.62. The van der Waals surface area contributed by atoms with E-state index >= 15 is 0 Å². The Balaban J connectivity index is 1.25. The second kappa shape index (κ2) is 10.9. The number of benzene rings is 2. The van der Waals surface area contributed by atoms with Gasteiger partial charge in [0.1, 0.15) is 11.7 Å². The van der Waals surface area contributed by atoms with Gasteiger partial charge in [0.15, 0.2) is 0 Å². The van der Waals surface area contributed by atoms with Gasteiger partial charge >= 0.3 is 13.1 Å². The van der Waals surface area contributed by atoms with Crippen LogP contribution in [0.2, 0.25) is 6.32 Å². The van der Waals surface area contributed by atoms with Gasteiger partial charge in [-0.1, -0.05) is 114 Å². The average Bonchev–Trinajstić information content (AvgIpc) is 3.52.